The van der Waals surface area contributed by atoms with E-state index in [9.17, 15) is 10.5 Å². The zero-order valence-electron chi connectivity index (χ0n) is 13.3. The fraction of sp³-hybridized carbons (Fsp3) is 0.471. The molecule has 1 spiro atoms. The van der Waals surface area contributed by atoms with Gasteiger partial charge in [0.05, 0.1) is 32.0 Å². The monoisotopic (exact) mass is 324 g/mol. The third-order valence-corrected chi connectivity index (χ3v) is 5.23. The molecule has 24 heavy (non-hydrogen) atoms. The Morgan fingerprint density at radius 2 is 2.17 bits per heavy atom. The van der Waals surface area contributed by atoms with Crippen LogP contribution in [0, 0.1) is 33.5 Å². The normalized spacial score (nSPS) is 42.1. The minimum Gasteiger partial charge on any atom is -0.497 e. The summed E-state index contributed by atoms with van der Waals surface area (Å²) in [6.45, 7) is 2.13. The van der Waals surface area contributed by atoms with Crippen molar-refractivity contribution in [1.29, 1.82) is 10.5 Å². The molecule has 2 fully saturated rings. The maximum atomic E-state index is 10.0. The SMILES string of the molecule is COc1cccc([C@H]2[C@@]3(C#N)[C@@]4(N=C(N)[C@@]23C#N)OC[C@@H](C)O4)c1. The molecule has 2 heterocycles. The third kappa shape index (κ3) is 1.36. The number of rotatable bonds is 2. The molecule has 122 valence electrons. The van der Waals surface area contributed by atoms with Crippen molar-refractivity contribution < 1.29 is 14.2 Å². The molecular weight excluding hydrogens is 308 g/mol. The highest BCUT2D eigenvalue weighted by molar-refractivity contribution is 6.00. The van der Waals surface area contributed by atoms with Crippen LogP contribution in [-0.4, -0.2) is 31.6 Å². The van der Waals surface area contributed by atoms with Crippen molar-refractivity contribution in [2.24, 2.45) is 21.6 Å². The summed E-state index contributed by atoms with van der Waals surface area (Å²) in [5.41, 5.74) is 4.34. The second-order valence-electron chi connectivity index (χ2n) is 6.37. The van der Waals surface area contributed by atoms with Gasteiger partial charge in [0.2, 0.25) is 0 Å². The van der Waals surface area contributed by atoms with E-state index in [0.717, 1.165) is 5.56 Å². The Hall–Kier alpha value is -2.61. The average Bonchev–Trinajstić information content (AvgIpc) is 2.99. The van der Waals surface area contributed by atoms with Gasteiger partial charge >= 0.3 is 0 Å². The molecule has 0 aromatic heterocycles. The Kier molecular flexibility index (Phi) is 2.79. The van der Waals surface area contributed by atoms with Crippen LogP contribution in [-0.2, 0) is 9.47 Å². The molecule has 0 amide bonds. The topological polar surface area (TPSA) is 114 Å². The lowest BCUT2D eigenvalue weighted by atomic mass is 9.94. The summed E-state index contributed by atoms with van der Waals surface area (Å²) in [4.78, 5) is 4.28. The van der Waals surface area contributed by atoms with Crippen molar-refractivity contribution in [3.8, 4) is 17.9 Å². The lowest BCUT2D eigenvalue weighted by Gasteiger charge is -2.26. The first-order valence-electron chi connectivity index (χ1n) is 7.65. The quantitative estimate of drug-likeness (QED) is 0.876. The number of hydrogen-bond donors (Lipinski definition) is 1. The fourth-order valence-electron chi connectivity index (χ4n) is 4.18. The molecule has 1 saturated heterocycles. The Labute approximate surface area is 139 Å². The summed E-state index contributed by atoms with van der Waals surface area (Å²) in [6, 6.07) is 11.8. The number of ether oxygens (including phenoxy) is 3. The molecule has 7 heteroatoms. The average molecular weight is 324 g/mol. The smallest absolute Gasteiger partial charge is 0.293 e. The molecule has 1 aliphatic carbocycles. The predicted octanol–water partition coefficient (Wildman–Crippen LogP) is 1.27. The molecule has 1 aromatic carbocycles. The fourth-order valence-corrected chi connectivity index (χ4v) is 4.18. The largest absolute Gasteiger partial charge is 0.497 e. The standard InChI is InChI=1S/C17H16N4O3/c1-10-7-23-17(24-10)16(9-19)13(15(16,8-18)14(20)21-17)11-4-3-5-12(6-11)22-2/h3-6,10,13H,7H2,1-2H3,(H2,20,21)/t10-,13-,15-,16-,17-/m1/s1. The Balaban J connectivity index is 1.90. The lowest BCUT2D eigenvalue weighted by Crippen LogP contribution is -2.39. The first kappa shape index (κ1) is 14.9. The first-order valence-corrected chi connectivity index (χ1v) is 7.65. The Morgan fingerprint density at radius 1 is 1.38 bits per heavy atom. The second-order valence-corrected chi connectivity index (χ2v) is 6.37. The summed E-state index contributed by atoms with van der Waals surface area (Å²) in [5.74, 6) is -1.27. The van der Waals surface area contributed by atoms with Crippen LogP contribution in [0.3, 0.4) is 0 Å². The van der Waals surface area contributed by atoms with Gasteiger partial charge in [0, 0.05) is 5.92 Å². The van der Waals surface area contributed by atoms with Gasteiger partial charge in [-0.3, -0.25) is 0 Å². The van der Waals surface area contributed by atoms with Crippen molar-refractivity contribution in [3.63, 3.8) is 0 Å². The Morgan fingerprint density at radius 3 is 2.75 bits per heavy atom. The van der Waals surface area contributed by atoms with Crippen molar-refractivity contribution in [2.45, 2.75) is 24.9 Å². The molecule has 4 rings (SSSR count). The maximum Gasteiger partial charge on any atom is 0.293 e. The molecule has 1 aromatic rings. The molecule has 1 saturated carbocycles. The van der Waals surface area contributed by atoms with Gasteiger partial charge in [0.1, 0.15) is 17.0 Å². The summed E-state index contributed by atoms with van der Waals surface area (Å²) in [7, 11) is 1.56. The van der Waals surface area contributed by atoms with Gasteiger partial charge in [0.15, 0.2) is 5.41 Å². The van der Waals surface area contributed by atoms with Crippen molar-refractivity contribution in [1.82, 2.24) is 0 Å². The number of aliphatic imine (C=N–C) groups is 1. The molecule has 0 bridgehead atoms. The first-order chi connectivity index (χ1) is 11.5. The minimum atomic E-state index is -1.52. The van der Waals surface area contributed by atoms with Crippen LogP contribution in [0.2, 0.25) is 0 Å². The highest BCUT2D eigenvalue weighted by atomic mass is 16.8. The second kappa shape index (κ2) is 4.47. The van der Waals surface area contributed by atoms with Gasteiger partial charge in [0.25, 0.3) is 5.91 Å². The minimum absolute atomic E-state index is 0.0912. The van der Waals surface area contributed by atoms with E-state index in [4.69, 9.17) is 19.9 Å². The molecule has 0 radical (unpaired) electrons. The van der Waals surface area contributed by atoms with Crippen molar-refractivity contribution >= 4 is 5.84 Å². The van der Waals surface area contributed by atoms with Gasteiger partial charge in [-0.05, 0) is 24.6 Å². The summed E-state index contributed by atoms with van der Waals surface area (Å²) in [5, 5.41) is 19.9. The van der Waals surface area contributed by atoms with Gasteiger partial charge in [-0.1, -0.05) is 12.1 Å². The summed E-state index contributed by atoms with van der Waals surface area (Å²) >= 11 is 0. The number of nitriles is 2. The van der Waals surface area contributed by atoms with E-state index in [2.05, 4.69) is 17.1 Å². The van der Waals surface area contributed by atoms with E-state index in [0.29, 0.717) is 12.4 Å². The van der Waals surface area contributed by atoms with E-state index in [1.807, 2.05) is 19.1 Å². The van der Waals surface area contributed by atoms with Gasteiger partial charge in [-0.15, -0.1) is 0 Å². The zero-order chi connectivity index (χ0) is 17.2. The summed E-state index contributed by atoms with van der Waals surface area (Å²) < 4.78 is 16.9. The van der Waals surface area contributed by atoms with Crippen LogP contribution in [0.4, 0.5) is 0 Å². The number of fused-ring (bicyclic) bond motifs is 2. The van der Waals surface area contributed by atoms with Crippen LogP contribution < -0.4 is 10.5 Å². The number of nitrogens with two attached hydrogens (primary N) is 1. The van der Waals surface area contributed by atoms with E-state index in [-0.39, 0.29) is 11.9 Å². The van der Waals surface area contributed by atoms with E-state index < -0.39 is 22.7 Å². The maximum absolute atomic E-state index is 10.0. The predicted molar refractivity (Wildman–Crippen MR) is 82.7 cm³/mol. The van der Waals surface area contributed by atoms with Crippen LogP contribution >= 0.6 is 0 Å². The van der Waals surface area contributed by atoms with Crippen LogP contribution in [0.5, 0.6) is 5.75 Å². The molecule has 3 aliphatic rings. The van der Waals surface area contributed by atoms with E-state index in [1.165, 1.54) is 0 Å². The van der Waals surface area contributed by atoms with Crippen LogP contribution in [0.1, 0.15) is 18.4 Å². The van der Waals surface area contributed by atoms with Gasteiger partial charge in [-0.2, -0.15) is 10.5 Å². The highest BCUT2D eigenvalue weighted by Crippen LogP contribution is 2.82. The number of methoxy groups -OCH3 is 1. The molecule has 2 N–H and O–H groups in total. The van der Waals surface area contributed by atoms with Crippen LogP contribution in [0.25, 0.3) is 0 Å². The Bertz CT molecular complexity index is 841. The van der Waals surface area contributed by atoms with E-state index in [1.54, 1.807) is 19.2 Å². The van der Waals surface area contributed by atoms with Gasteiger partial charge < -0.3 is 19.9 Å². The number of nitrogens with zero attached hydrogens (tertiary/aromatic N) is 3. The molecule has 5 atom stereocenters. The number of amidine groups is 1. The lowest BCUT2D eigenvalue weighted by molar-refractivity contribution is -0.193. The number of hydrogen-bond acceptors (Lipinski definition) is 7. The molecule has 7 nitrogen and oxygen atoms in total. The third-order valence-electron chi connectivity index (χ3n) is 5.23. The van der Waals surface area contributed by atoms with E-state index >= 15 is 0 Å². The zero-order valence-corrected chi connectivity index (χ0v) is 13.3. The number of benzene rings is 1. The van der Waals surface area contributed by atoms with Crippen LogP contribution in [0.15, 0.2) is 29.3 Å². The van der Waals surface area contributed by atoms with Crippen molar-refractivity contribution in [3.05, 3.63) is 29.8 Å². The molecule has 0 unspecified atom stereocenters. The molecular formula is C17H16N4O3. The van der Waals surface area contributed by atoms with Gasteiger partial charge in [-0.25, -0.2) is 4.99 Å². The van der Waals surface area contributed by atoms with Crippen molar-refractivity contribution in [2.75, 3.05) is 13.7 Å². The summed E-state index contributed by atoms with van der Waals surface area (Å²) in [6.07, 6.45) is -0.229. The molecule has 2 aliphatic heterocycles. The highest BCUT2D eigenvalue weighted by Gasteiger charge is 2.94.